The number of aliphatic carboxylic acids is 1. The van der Waals surface area contributed by atoms with Crippen LogP contribution in [0.25, 0.3) is 0 Å². The second-order valence-electron chi connectivity index (χ2n) is 4.37. The molecule has 0 atom stereocenters. The molecule has 0 aliphatic carbocycles. The highest BCUT2D eigenvalue weighted by atomic mass is 16.6. The topological polar surface area (TPSA) is 102 Å². The van der Waals surface area contributed by atoms with Crippen LogP contribution in [0.1, 0.15) is 12.8 Å². The lowest BCUT2D eigenvalue weighted by Gasteiger charge is -2.20. The van der Waals surface area contributed by atoms with E-state index in [1.807, 2.05) is 0 Å². The molecule has 0 aliphatic heterocycles. The summed E-state index contributed by atoms with van der Waals surface area (Å²) in [5.74, 6) is -0.250. The van der Waals surface area contributed by atoms with Crippen molar-refractivity contribution in [1.82, 2.24) is 0 Å². The van der Waals surface area contributed by atoms with Crippen LogP contribution in [0.2, 0.25) is 0 Å². The van der Waals surface area contributed by atoms with E-state index in [0.29, 0.717) is 24.4 Å². The minimum absolute atomic E-state index is 0.00538. The lowest BCUT2D eigenvalue weighted by molar-refractivity contribution is -0.384. The Balaban J connectivity index is 3.07. The van der Waals surface area contributed by atoms with Gasteiger partial charge in [0, 0.05) is 26.1 Å². The predicted octanol–water partition coefficient (Wildman–Crippen LogP) is 1.91. The van der Waals surface area contributed by atoms with Crippen LogP contribution >= 0.6 is 0 Å². The van der Waals surface area contributed by atoms with Crippen molar-refractivity contribution in [3.63, 3.8) is 0 Å². The molecule has 0 radical (unpaired) electrons. The highest BCUT2D eigenvalue weighted by Gasteiger charge is 2.22. The highest BCUT2D eigenvalue weighted by molar-refractivity contribution is 5.70. The lowest BCUT2D eigenvalue weighted by Crippen LogP contribution is -2.20. The van der Waals surface area contributed by atoms with E-state index >= 15 is 0 Å². The van der Waals surface area contributed by atoms with Gasteiger partial charge in [0.25, 0.3) is 5.69 Å². The van der Waals surface area contributed by atoms with Gasteiger partial charge < -0.3 is 19.5 Å². The van der Waals surface area contributed by atoms with Gasteiger partial charge in [-0.15, -0.1) is 0 Å². The number of anilines is 1. The fourth-order valence-corrected chi connectivity index (χ4v) is 1.90. The Morgan fingerprint density at radius 1 is 1.33 bits per heavy atom. The first-order valence-electron chi connectivity index (χ1n) is 6.24. The van der Waals surface area contributed by atoms with Crippen LogP contribution in [-0.2, 0) is 4.79 Å². The largest absolute Gasteiger partial charge is 0.493 e. The van der Waals surface area contributed by atoms with Crippen molar-refractivity contribution in [2.45, 2.75) is 12.8 Å². The molecule has 1 rings (SSSR count). The number of rotatable bonds is 8. The average Bonchev–Trinajstić information content (AvgIpc) is 2.44. The maximum atomic E-state index is 11.2. The first-order valence-corrected chi connectivity index (χ1v) is 6.24. The van der Waals surface area contributed by atoms with E-state index in [9.17, 15) is 14.9 Å². The van der Waals surface area contributed by atoms with Gasteiger partial charge in [-0.2, -0.15) is 0 Å². The molecule has 8 heteroatoms. The number of ether oxygens (including phenoxy) is 2. The van der Waals surface area contributed by atoms with Crippen molar-refractivity contribution in [2.75, 3.05) is 32.7 Å². The maximum absolute atomic E-state index is 11.2. The monoisotopic (exact) mass is 298 g/mol. The van der Waals surface area contributed by atoms with Gasteiger partial charge in [-0.25, -0.2) is 0 Å². The van der Waals surface area contributed by atoms with Gasteiger partial charge in [0.15, 0.2) is 11.5 Å². The van der Waals surface area contributed by atoms with E-state index in [0.717, 1.165) is 0 Å². The number of nitrogens with zero attached hydrogens (tertiary/aromatic N) is 2. The third-order valence-electron chi connectivity index (χ3n) is 2.97. The predicted molar refractivity (Wildman–Crippen MR) is 76.3 cm³/mol. The van der Waals surface area contributed by atoms with E-state index in [-0.39, 0.29) is 17.9 Å². The molecule has 0 unspecified atom stereocenters. The summed E-state index contributed by atoms with van der Waals surface area (Å²) in [6, 6.07) is 2.81. The Morgan fingerprint density at radius 2 is 1.90 bits per heavy atom. The molecule has 0 bridgehead atoms. The van der Waals surface area contributed by atoms with Crippen LogP contribution in [0.15, 0.2) is 12.1 Å². The molecule has 0 amide bonds. The van der Waals surface area contributed by atoms with Gasteiger partial charge in [-0.05, 0) is 6.42 Å². The van der Waals surface area contributed by atoms with Crippen molar-refractivity contribution in [1.29, 1.82) is 0 Å². The molecule has 1 aromatic carbocycles. The molecule has 8 nitrogen and oxygen atoms in total. The molecule has 0 spiro atoms. The molecular formula is C13H18N2O6. The van der Waals surface area contributed by atoms with E-state index in [1.54, 1.807) is 11.9 Å². The molecule has 116 valence electrons. The number of nitro groups is 1. The first kappa shape index (κ1) is 16.5. The summed E-state index contributed by atoms with van der Waals surface area (Å²) in [6.07, 6.45) is 0.392. The van der Waals surface area contributed by atoms with Crippen LogP contribution in [0.3, 0.4) is 0 Å². The number of carboxylic acid groups (broad SMARTS) is 1. The third-order valence-corrected chi connectivity index (χ3v) is 2.97. The van der Waals surface area contributed by atoms with Crippen LogP contribution in [-0.4, -0.2) is 43.8 Å². The van der Waals surface area contributed by atoms with Crippen molar-refractivity contribution >= 4 is 17.3 Å². The van der Waals surface area contributed by atoms with E-state index in [1.165, 1.54) is 26.4 Å². The van der Waals surface area contributed by atoms with E-state index < -0.39 is 10.9 Å². The second kappa shape index (κ2) is 7.32. The summed E-state index contributed by atoms with van der Waals surface area (Å²) in [5.41, 5.74) is 0.230. The van der Waals surface area contributed by atoms with Crippen molar-refractivity contribution in [3.05, 3.63) is 22.2 Å². The molecule has 0 heterocycles. The molecule has 0 fully saturated rings. The van der Waals surface area contributed by atoms with Gasteiger partial charge >= 0.3 is 5.97 Å². The zero-order chi connectivity index (χ0) is 16.0. The summed E-state index contributed by atoms with van der Waals surface area (Å²) in [4.78, 5) is 22.8. The molecule has 0 aliphatic rings. The van der Waals surface area contributed by atoms with Crippen molar-refractivity contribution in [2.24, 2.45) is 0 Å². The molecule has 0 aromatic heterocycles. The van der Waals surface area contributed by atoms with Crippen LogP contribution in [0, 0.1) is 10.1 Å². The molecule has 1 aromatic rings. The lowest BCUT2D eigenvalue weighted by atomic mass is 10.2. The molecule has 21 heavy (non-hydrogen) atoms. The van der Waals surface area contributed by atoms with Crippen molar-refractivity contribution in [3.8, 4) is 11.5 Å². The van der Waals surface area contributed by atoms with Gasteiger partial charge in [-0.1, -0.05) is 0 Å². The number of methoxy groups -OCH3 is 2. The number of nitro benzene ring substituents is 1. The van der Waals surface area contributed by atoms with Gasteiger partial charge in [0.1, 0.15) is 5.69 Å². The zero-order valence-corrected chi connectivity index (χ0v) is 12.2. The number of carboxylic acids is 1. The molecule has 1 N–H and O–H groups in total. The van der Waals surface area contributed by atoms with Crippen LogP contribution in [0.4, 0.5) is 11.4 Å². The fraction of sp³-hybridized carbons (Fsp3) is 0.462. The SMILES string of the molecule is COc1cc(N(C)CCCC(=O)O)c([N+](=O)[O-])cc1OC. The van der Waals surface area contributed by atoms with E-state index in [4.69, 9.17) is 14.6 Å². The number of carbonyl (C=O) groups is 1. The smallest absolute Gasteiger partial charge is 0.303 e. The minimum Gasteiger partial charge on any atom is -0.493 e. The van der Waals surface area contributed by atoms with E-state index in [2.05, 4.69) is 0 Å². The average molecular weight is 298 g/mol. The van der Waals surface area contributed by atoms with Crippen LogP contribution in [0.5, 0.6) is 11.5 Å². The Bertz CT molecular complexity index is 532. The Labute approximate surface area is 122 Å². The fourth-order valence-electron chi connectivity index (χ4n) is 1.90. The summed E-state index contributed by atoms with van der Waals surface area (Å²) < 4.78 is 10.2. The number of benzene rings is 1. The third kappa shape index (κ3) is 4.23. The maximum Gasteiger partial charge on any atom is 0.303 e. The number of hydrogen-bond donors (Lipinski definition) is 1. The Kier molecular flexibility index (Phi) is 5.77. The van der Waals surface area contributed by atoms with Gasteiger partial charge in [-0.3, -0.25) is 14.9 Å². The summed E-state index contributed by atoms with van der Waals surface area (Å²) in [7, 11) is 4.51. The Hall–Kier alpha value is -2.51. The minimum atomic E-state index is -0.898. The Morgan fingerprint density at radius 3 is 2.38 bits per heavy atom. The van der Waals surface area contributed by atoms with Gasteiger partial charge in [0.2, 0.25) is 0 Å². The standard InChI is InChI=1S/C13H18N2O6/c1-14(6-4-5-13(16)17)9-7-11(20-2)12(21-3)8-10(9)15(18)19/h7-8H,4-6H2,1-3H3,(H,16,17). The summed E-state index contributed by atoms with van der Waals surface area (Å²) >= 11 is 0. The molecular weight excluding hydrogens is 280 g/mol. The summed E-state index contributed by atoms with van der Waals surface area (Å²) in [5, 5.41) is 19.8. The highest BCUT2D eigenvalue weighted by Crippen LogP contribution is 2.39. The number of hydrogen-bond acceptors (Lipinski definition) is 6. The molecule has 0 saturated heterocycles. The second-order valence-corrected chi connectivity index (χ2v) is 4.37. The zero-order valence-electron chi connectivity index (χ0n) is 12.2. The quantitative estimate of drug-likeness (QED) is 0.577. The molecule has 0 saturated carbocycles. The summed E-state index contributed by atoms with van der Waals surface area (Å²) in [6.45, 7) is 0.378. The van der Waals surface area contributed by atoms with Crippen LogP contribution < -0.4 is 14.4 Å². The normalized spacial score (nSPS) is 10.0. The van der Waals surface area contributed by atoms with Gasteiger partial charge in [0.05, 0.1) is 25.2 Å². The van der Waals surface area contributed by atoms with Crippen molar-refractivity contribution < 1.29 is 24.3 Å². The first-order chi connectivity index (χ1) is 9.90.